The van der Waals surface area contributed by atoms with Crippen LogP contribution in [0.5, 0.6) is 17.2 Å². The van der Waals surface area contributed by atoms with E-state index in [0.717, 1.165) is 34.8 Å². The Balaban J connectivity index is 2.12. The van der Waals surface area contributed by atoms with E-state index < -0.39 is 6.10 Å². The predicted molar refractivity (Wildman–Crippen MR) is 104 cm³/mol. The average Bonchev–Trinajstić information content (AvgIpc) is 2.70. The molecule has 0 saturated carbocycles. The van der Waals surface area contributed by atoms with Crippen molar-refractivity contribution in [3.63, 3.8) is 0 Å². The van der Waals surface area contributed by atoms with Crippen LogP contribution in [-0.2, 0) is 0 Å². The van der Waals surface area contributed by atoms with Gasteiger partial charge < -0.3 is 19.3 Å². The normalized spacial score (nSPS) is 12.9. The Morgan fingerprint density at radius 3 is 2.31 bits per heavy atom. The highest BCUT2D eigenvalue weighted by molar-refractivity contribution is 5.43. The standard InChI is InChI=1S/C22H28O4/c1-5-13-26-18-9-7-17(8-10-18)21(23)14-16(6-2)20-12-11-19(24-3)15-22(20)25-4/h5,7-12,15-16,21,23H,1,6,13-14H2,2-4H3. The van der Waals surface area contributed by atoms with Crippen LogP contribution in [0.4, 0.5) is 0 Å². The molecule has 0 bridgehead atoms. The number of ether oxygens (including phenoxy) is 3. The van der Waals surface area contributed by atoms with Gasteiger partial charge in [-0.25, -0.2) is 0 Å². The number of rotatable bonds is 10. The quantitative estimate of drug-likeness (QED) is 0.616. The Kier molecular flexibility index (Phi) is 7.54. The second kappa shape index (κ2) is 9.88. The molecule has 0 aliphatic carbocycles. The van der Waals surface area contributed by atoms with Gasteiger partial charge in [-0.15, -0.1) is 0 Å². The van der Waals surface area contributed by atoms with Gasteiger partial charge in [0.05, 0.1) is 20.3 Å². The van der Waals surface area contributed by atoms with E-state index in [0.29, 0.717) is 13.0 Å². The summed E-state index contributed by atoms with van der Waals surface area (Å²) in [6, 6.07) is 13.4. The molecule has 1 N–H and O–H groups in total. The van der Waals surface area contributed by atoms with Gasteiger partial charge in [0, 0.05) is 6.07 Å². The maximum absolute atomic E-state index is 10.7. The van der Waals surface area contributed by atoms with Crippen LogP contribution in [0.1, 0.15) is 42.9 Å². The zero-order chi connectivity index (χ0) is 18.9. The van der Waals surface area contributed by atoms with Crippen molar-refractivity contribution >= 4 is 0 Å². The Hall–Kier alpha value is -2.46. The van der Waals surface area contributed by atoms with Crippen LogP contribution in [0, 0.1) is 0 Å². The minimum Gasteiger partial charge on any atom is -0.497 e. The molecule has 0 amide bonds. The van der Waals surface area contributed by atoms with Gasteiger partial charge in [-0.1, -0.05) is 37.8 Å². The largest absolute Gasteiger partial charge is 0.497 e. The third kappa shape index (κ3) is 5.02. The van der Waals surface area contributed by atoms with Crippen molar-refractivity contribution in [3.8, 4) is 17.2 Å². The highest BCUT2D eigenvalue weighted by Crippen LogP contribution is 2.37. The summed E-state index contributed by atoms with van der Waals surface area (Å²) in [6.07, 6.45) is 2.67. The fourth-order valence-corrected chi connectivity index (χ4v) is 3.02. The summed E-state index contributed by atoms with van der Waals surface area (Å²) < 4.78 is 16.3. The van der Waals surface area contributed by atoms with Gasteiger partial charge in [-0.2, -0.15) is 0 Å². The highest BCUT2D eigenvalue weighted by atomic mass is 16.5. The van der Waals surface area contributed by atoms with Crippen LogP contribution in [0.15, 0.2) is 55.1 Å². The van der Waals surface area contributed by atoms with E-state index in [-0.39, 0.29) is 5.92 Å². The third-order valence-corrected chi connectivity index (χ3v) is 4.51. The minimum absolute atomic E-state index is 0.183. The summed E-state index contributed by atoms with van der Waals surface area (Å²) in [5.41, 5.74) is 1.96. The van der Waals surface area contributed by atoms with Gasteiger partial charge in [0.25, 0.3) is 0 Å². The first kappa shape index (κ1) is 19.9. The summed E-state index contributed by atoms with van der Waals surface area (Å²) in [6.45, 7) is 6.22. The Morgan fingerprint density at radius 1 is 1.04 bits per heavy atom. The predicted octanol–water partition coefficient (Wildman–Crippen LogP) is 4.89. The van der Waals surface area contributed by atoms with Gasteiger partial charge in [0.2, 0.25) is 0 Å². The maximum Gasteiger partial charge on any atom is 0.126 e. The lowest BCUT2D eigenvalue weighted by Crippen LogP contribution is -2.07. The molecule has 2 rings (SSSR count). The Morgan fingerprint density at radius 2 is 1.73 bits per heavy atom. The summed E-state index contributed by atoms with van der Waals surface area (Å²) in [4.78, 5) is 0. The molecule has 140 valence electrons. The van der Waals surface area contributed by atoms with E-state index in [4.69, 9.17) is 14.2 Å². The second-order valence-electron chi connectivity index (χ2n) is 6.13. The summed E-state index contributed by atoms with van der Waals surface area (Å²) in [7, 11) is 3.29. The number of benzene rings is 2. The first-order valence-electron chi connectivity index (χ1n) is 8.86. The van der Waals surface area contributed by atoms with Crippen molar-refractivity contribution in [2.75, 3.05) is 20.8 Å². The van der Waals surface area contributed by atoms with Gasteiger partial charge >= 0.3 is 0 Å². The molecule has 0 aliphatic heterocycles. The molecule has 0 fully saturated rings. The second-order valence-corrected chi connectivity index (χ2v) is 6.13. The van der Waals surface area contributed by atoms with Crippen LogP contribution in [0.25, 0.3) is 0 Å². The van der Waals surface area contributed by atoms with Crippen molar-refractivity contribution < 1.29 is 19.3 Å². The fraction of sp³-hybridized carbons (Fsp3) is 0.364. The average molecular weight is 356 g/mol. The van der Waals surface area contributed by atoms with E-state index >= 15 is 0 Å². The molecule has 2 atom stereocenters. The van der Waals surface area contributed by atoms with Crippen LogP contribution < -0.4 is 14.2 Å². The first-order chi connectivity index (χ1) is 12.6. The van der Waals surface area contributed by atoms with E-state index in [9.17, 15) is 5.11 Å². The molecule has 0 spiro atoms. The molecule has 0 aliphatic rings. The molecule has 26 heavy (non-hydrogen) atoms. The lowest BCUT2D eigenvalue weighted by Gasteiger charge is -2.22. The SMILES string of the molecule is C=CCOc1ccc(C(O)CC(CC)c2ccc(OC)cc2OC)cc1. The molecule has 0 saturated heterocycles. The van der Waals surface area contributed by atoms with Crippen molar-refractivity contribution in [1.29, 1.82) is 0 Å². The molecule has 2 aromatic carbocycles. The molecule has 0 heterocycles. The van der Waals surface area contributed by atoms with Gasteiger partial charge in [-0.05, 0) is 48.1 Å². The molecule has 2 unspecified atom stereocenters. The van der Waals surface area contributed by atoms with E-state index in [2.05, 4.69) is 13.5 Å². The van der Waals surface area contributed by atoms with Gasteiger partial charge in [-0.3, -0.25) is 0 Å². The van der Waals surface area contributed by atoms with Crippen LogP contribution in [0.3, 0.4) is 0 Å². The zero-order valence-corrected chi connectivity index (χ0v) is 15.8. The first-order valence-corrected chi connectivity index (χ1v) is 8.86. The molecule has 2 aromatic rings. The molecule has 0 radical (unpaired) electrons. The molecule has 0 aromatic heterocycles. The molecular weight excluding hydrogens is 328 g/mol. The van der Waals surface area contributed by atoms with Crippen molar-refractivity contribution in [2.45, 2.75) is 31.8 Å². The number of methoxy groups -OCH3 is 2. The van der Waals surface area contributed by atoms with E-state index in [1.54, 1.807) is 20.3 Å². The monoisotopic (exact) mass is 356 g/mol. The van der Waals surface area contributed by atoms with Crippen LogP contribution in [-0.4, -0.2) is 25.9 Å². The fourth-order valence-electron chi connectivity index (χ4n) is 3.02. The minimum atomic E-state index is -0.555. The Bertz CT molecular complexity index is 694. The highest BCUT2D eigenvalue weighted by Gasteiger charge is 2.20. The smallest absolute Gasteiger partial charge is 0.126 e. The lowest BCUT2D eigenvalue weighted by atomic mass is 9.88. The van der Waals surface area contributed by atoms with Crippen LogP contribution in [0.2, 0.25) is 0 Å². The number of aliphatic hydroxyl groups excluding tert-OH is 1. The van der Waals surface area contributed by atoms with Gasteiger partial charge in [0.1, 0.15) is 23.9 Å². The number of hydrogen-bond donors (Lipinski definition) is 1. The number of hydrogen-bond acceptors (Lipinski definition) is 4. The Labute approximate surface area is 156 Å². The van der Waals surface area contributed by atoms with E-state index in [1.807, 2.05) is 42.5 Å². The third-order valence-electron chi connectivity index (χ3n) is 4.51. The van der Waals surface area contributed by atoms with Crippen molar-refractivity contribution in [1.82, 2.24) is 0 Å². The van der Waals surface area contributed by atoms with Crippen LogP contribution >= 0.6 is 0 Å². The van der Waals surface area contributed by atoms with Crippen molar-refractivity contribution in [2.24, 2.45) is 0 Å². The lowest BCUT2D eigenvalue weighted by molar-refractivity contribution is 0.156. The summed E-state index contributed by atoms with van der Waals surface area (Å²) >= 11 is 0. The molecular formula is C22H28O4. The molecule has 4 heteroatoms. The number of aliphatic hydroxyl groups is 1. The summed E-state index contributed by atoms with van der Waals surface area (Å²) in [5, 5.41) is 10.7. The molecule has 4 nitrogen and oxygen atoms in total. The topological polar surface area (TPSA) is 47.9 Å². The van der Waals surface area contributed by atoms with Crippen molar-refractivity contribution in [3.05, 3.63) is 66.2 Å². The zero-order valence-electron chi connectivity index (χ0n) is 15.8. The van der Waals surface area contributed by atoms with Gasteiger partial charge in [0.15, 0.2) is 0 Å². The van der Waals surface area contributed by atoms with E-state index in [1.165, 1.54) is 0 Å². The maximum atomic E-state index is 10.7. The summed E-state index contributed by atoms with van der Waals surface area (Å²) in [5.74, 6) is 2.50.